The van der Waals surface area contributed by atoms with Gasteiger partial charge in [0.25, 0.3) is 0 Å². The first kappa shape index (κ1) is 23.4. The first-order valence-electron chi connectivity index (χ1n) is 11.7. The lowest BCUT2D eigenvalue weighted by Crippen LogP contribution is -2.26. The van der Waals surface area contributed by atoms with Crippen molar-refractivity contribution < 1.29 is 14.3 Å². The lowest BCUT2D eigenvalue weighted by atomic mass is 10.1. The summed E-state index contributed by atoms with van der Waals surface area (Å²) in [5.41, 5.74) is 6.01. The molecule has 0 aliphatic heterocycles. The number of nitrogens with zero attached hydrogens (tertiary/aromatic N) is 1. The number of aryl methyl sites for hydroxylation is 2. The van der Waals surface area contributed by atoms with Gasteiger partial charge >= 0.3 is 0 Å². The summed E-state index contributed by atoms with van der Waals surface area (Å²) in [6.07, 6.45) is 4.04. The molecule has 0 aliphatic carbocycles. The number of rotatable bonds is 10. The molecule has 3 aromatic carbocycles. The number of fused-ring (bicyclic) bond motifs is 1. The minimum atomic E-state index is 0.0533. The standard InChI is InChI=1S/C29H32N2O3/c1-21-8-4-5-9-23(21)19-31-20-24(26-10-6-7-11-27(26)31)12-15-29(32)30-17-16-22-18-25(33-2)13-14-28(22)34-3/h4-11,13-14,18,20H,12,15-17,19H2,1-3H3,(H,30,32). The summed E-state index contributed by atoms with van der Waals surface area (Å²) in [6, 6.07) is 22.6. The normalized spacial score (nSPS) is 10.9. The van der Waals surface area contributed by atoms with Crippen LogP contribution in [0.4, 0.5) is 0 Å². The van der Waals surface area contributed by atoms with E-state index in [1.165, 1.54) is 27.6 Å². The first-order chi connectivity index (χ1) is 16.6. The zero-order valence-corrected chi connectivity index (χ0v) is 20.1. The summed E-state index contributed by atoms with van der Waals surface area (Å²) in [6.45, 7) is 3.52. The molecule has 5 nitrogen and oxygen atoms in total. The van der Waals surface area contributed by atoms with Crippen molar-refractivity contribution in [3.05, 3.63) is 95.2 Å². The van der Waals surface area contributed by atoms with Gasteiger partial charge in [-0.25, -0.2) is 0 Å². The van der Waals surface area contributed by atoms with Gasteiger partial charge in [0.15, 0.2) is 0 Å². The van der Waals surface area contributed by atoms with Crippen LogP contribution < -0.4 is 14.8 Å². The number of para-hydroxylation sites is 1. The number of ether oxygens (including phenoxy) is 2. The second-order valence-corrected chi connectivity index (χ2v) is 8.50. The van der Waals surface area contributed by atoms with Gasteiger partial charge in [-0.2, -0.15) is 0 Å². The zero-order chi connectivity index (χ0) is 23.9. The van der Waals surface area contributed by atoms with Crippen LogP contribution in [0.2, 0.25) is 0 Å². The van der Waals surface area contributed by atoms with Crippen LogP contribution in [0.1, 0.15) is 28.7 Å². The van der Waals surface area contributed by atoms with E-state index in [0.717, 1.165) is 23.6 Å². The predicted molar refractivity (Wildman–Crippen MR) is 137 cm³/mol. The first-order valence-corrected chi connectivity index (χ1v) is 11.7. The number of hydrogen-bond acceptors (Lipinski definition) is 3. The van der Waals surface area contributed by atoms with E-state index < -0.39 is 0 Å². The number of carbonyl (C=O) groups is 1. The highest BCUT2D eigenvalue weighted by Crippen LogP contribution is 2.25. The van der Waals surface area contributed by atoms with E-state index >= 15 is 0 Å². The van der Waals surface area contributed by atoms with Gasteiger partial charge in [-0.05, 0) is 66.3 Å². The fourth-order valence-corrected chi connectivity index (χ4v) is 4.37. The van der Waals surface area contributed by atoms with Crippen LogP contribution in [0.5, 0.6) is 11.5 Å². The van der Waals surface area contributed by atoms with E-state index in [1.54, 1.807) is 14.2 Å². The van der Waals surface area contributed by atoms with Crippen LogP contribution >= 0.6 is 0 Å². The van der Waals surface area contributed by atoms with Crippen LogP contribution in [0, 0.1) is 6.92 Å². The molecule has 0 radical (unpaired) electrons. The van der Waals surface area contributed by atoms with Gasteiger partial charge in [0.1, 0.15) is 11.5 Å². The van der Waals surface area contributed by atoms with Crippen molar-refractivity contribution in [1.29, 1.82) is 0 Å². The molecule has 0 aliphatic rings. The van der Waals surface area contributed by atoms with Crippen molar-refractivity contribution in [1.82, 2.24) is 9.88 Å². The van der Waals surface area contributed by atoms with Gasteiger partial charge in [0.2, 0.25) is 5.91 Å². The molecule has 0 fully saturated rings. The second kappa shape index (κ2) is 10.9. The lowest BCUT2D eigenvalue weighted by molar-refractivity contribution is -0.121. The van der Waals surface area contributed by atoms with Crippen molar-refractivity contribution >= 4 is 16.8 Å². The Morgan fingerprint density at radius 1 is 0.882 bits per heavy atom. The molecule has 0 saturated carbocycles. The van der Waals surface area contributed by atoms with Crippen molar-refractivity contribution in [3.63, 3.8) is 0 Å². The number of carbonyl (C=O) groups excluding carboxylic acids is 1. The van der Waals surface area contributed by atoms with Crippen molar-refractivity contribution in [2.75, 3.05) is 20.8 Å². The molecule has 34 heavy (non-hydrogen) atoms. The molecule has 5 heteroatoms. The van der Waals surface area contributed by atoms with E-state index in [4.69, 9.17) is 9.47 Å². The highest BCUT2D eigenvalue weighted by molar-refractivity contribution is 5.85. The molecular weight excluding hydrogens is 424 g/mol. The summed E-state index contributed by atoms with van der Waals surface area (Å²) in [5, 5.41) is 4.26. The molecule has 4 aromatic rings. The Kier molecular flexibility index (Phi) is 7.53. The Bertz CT molecular complexity index is 1280. The molecule has 0 atom stereocenters. The number of amides is 1. The van der Waals surface area contributed by atoms with Gasteiger partial charge < -0.3 is 19.4 Å². The van der Waals surface area contributed by atoms with Crippen LogP contribution in [0.15, 0.2) is 72.9 Å². The quantitative estimate of drug-likeness (QED) is 0.352. The summed E-state index contributed by atoms with van der Waals surface area (Å²) in [5.74, 6) is 1.64. The van der Waals surface area contributed by atoms with E-state index in [0.29, 0.717) is 25.8 Å². The zero-order valence-electron chi connectivity index (χ0n) is 20.1. The largest absolute Gasteiger partial charge is 0.497 e. The van der Waals surface area contributed by atoms with E-state index in [1.807, 2.05) is 18.2 Å². The molecule has 176 valence electrons. The molecule has 1 aromatic heterocycles. The number of methoxy groups -OCH3 is 2. The van der Waals surface area contributed by atoms with Crippen molar-refractivity contribution in [2.45, 2.75) is 32.7 Å². The SMILES string of the molecule is COc1ccc(OC)c(CCNC(=O)CCc2cn(Cc3ccccc3C)c3ccccc23)c1. The number of hydrogen-bond donors (Lipinski definition) is 1. The Hall–Kier alpha value is -3.73. The van der Waals surface area contributed by atoms with Gasteiger partial charge in [-0.15, -0.1) is 0 Å². The number of benzene rings is 3. The molecule has 0 unspecified atom stereocenters. The van der Waals surface area contributed by atoms with Gasteiger partial charge in [-0.3, -0.25) is 4.79 Å². The van der Waals surface area contributed by atoms with Gasteiger partial charge in [0, 0.05) is 36.6 Å². The summed E-state index contributed by atoms with van der Waals surface area (Å²) in [7, 11) is 3.30. The maximum Gasteiger partial charge on any atom is 0.220 e. The fraction of sp³-hybridized carbons (Fsp3) is 0.276. The average Bonchev–Trinajstić information content (AvgIpc) is 3.21. The van der Waals surface area contributed by atoms with Gasteiger partial charge in [-0.1, -0.05) is 42.5 Å². The molecular formula is C29H32N2O3. The Morgan fingerprint density at radius 2 is 1.68 bits per heavy atom. The van der Waals surface area contributed by atoms with E-state index in [9.17, 15) is 4.79 Å². The molecule has 1 amide bonds. The lowest BCUT2D eigenvalue weighted by Gasteiger charge is -2.11. The summed E-state index contributed by atoms with van der Waals surface area (Å²) < 4.78 is 13.0. The van der Waals surface area contributed by atoms with Crippen LogP contribution in [0.25, 0.3) is 10.9 Å². The Morgan fingerprint density at radius 3 is 2.47 bits per heavy atom. The molecule has 4 rings (SSSR count). The molecule has 1 heterocycles. The molecule has 0 spiro atoms. The molecule has 0 saturated heterocycles. The third-order valence-corrected chi connectivity index (χ3v) is 6.30. The smallest absolute Gasteiger partial charge is 0.220 e. The Balaban J connectivity index is 1.38. The van der Waals surface area contributed by atoms with Crippen LogP contribution in [-0.4, -0.2) is 31.2 Å². The summed E-state index contributed by atoms with van der Waals surface area (Å²) in [4.78, 5) is 12.6. The average molecular weight is 457 g/mol. The number of aromatic nitrogens is 1. The molecule has 1 N–H and O–H groups in total. The second-order valence-electron chi connectivity index (χ2n) is 8.50. The fourth-order valence-electron chi connectivity index (χ4n) is 4.37. The van der Waals surface area contributed by atoms with E-state index in [2.05, 4.69) is 71.5 Å². The Labute approximate surface area is 201 Å². The maximum atomic E-state index is 12.6. The number of nitrogens with one attached hydrogen (secondary N) is 1. The van der Waals surface area contributed by atoms with Crippen LogP contribution in [-0.2, 0) is 24.2 Å². The summed E-state index contributed by atoms with van der Waals surface area (Å²) >= 11 is 0. The topological polar surface area (TPSA) is 52.5 Å². The van der Waals surface area contributed by atoms with E-state index in [-0.39, 0.29) is 5.91 Å². The van der Waals surface area contributed by atoms with Crippen molar-refractivity contribution in [2.24, 2.45) is 0 Å². The highest BCUT2D eigenvalue weighted by Gasteiger charge is 2.12. The predicted octanol–water partition coefficient (Wildman–Crippen LogP) is 5.31. The monoisotopic (exact) mass is 456 g/mol. The van der Waals surface area contributed by atoms with Crippen LogP contribution in [0.3, 0.4) is 0 Å². The highest BCUT2D eigenvalue weighted by atomic mass is 16.5. The molecule has 0 bridgehead atoms. The maximum absolute atomic E-state index is 12.6. The minimum Gasteiger partial charge on any atom is -0.497 e. The minimum absolute atomic E-state index is 0.0533. The third kappa shape index (κ3) is 5.42. The van der Waals surface area contributed by atoms with Crippen molar-refractivity contribution in [3.8, 4) is 11.5 Å². The van der Waals surface area contributed by atoms with Gasteiger partial charge in [0.05, 0.1) is 14.2 Å². The third-order valence-electron chi connectivity index (χ3n) is 6.30.